The van der Waals surface area contributed by atoms with E-state index in [-0.39, 0.29) is 12.2 Å². The molecule has 3 rings (SSSR count). The minimum Gasteiger partial charge on any atom is -0.354 e. The van der Waals surface area contributed by atoms with E-state index < -0.39 is 29.3 Å². The number of carbonyl (C=O) groups is 1. The summed E-state index contributed by atoms with van der Waals surface area (Å²) in [5, 5.41) is 2.39. The third-order valence-corrected chi connectivity index (χ3v) is 4.34. The van der Waals surface area contributed by atoms with E-state index in [2.05, 4.69) is 10.3 Å². The van der Waals surface area contributed by atoms with Gasteiger partial charge in [-0.15, -0.1) is 0 Å². The molecule has 0 atom stereocenters. The second kappa shape index (κ2) is 8.09. The number of hydrogen-bond acceptors (Lipinski definition) is 4. The summed E-state index contributed by atoms with van der Waals surface area (Å²) >= 11 is 0. The average Bonchev–Trinajstić information content (AvgIpc) is 2.64. The molecular formula is C18H17F5N4O. The third-order valence-electron chi connectivity index (χ3n) is 4.34. The van der Waals surface area contributed by atoms with Crippen LogP contribution in [0.4, 0.5) is 33.5 Å². The van der Waals surface area contributed by atoms with Gasteiger partial charge in [-0.25, -0.2) is 13.8 Å². The van der Waals surface area contributed by atoms with Gasteiger partial charge in [0.15, 0.2) is 0 Å². The normalized spacial score (nSPS) is 15.5. The van der Waals surface area contributed by atoms with E-state index in [1.165, 1.54) is 6.07 Å². The van der Waals surface area contributed by atoms with Gasteiger partial charge >= 0.3 is 6.18 Å². The maximum absolute atomic E-state index is 13.6. The van der Waals surface area contributed by atoms with Crippen LogP contribution in [-0.2, 0) is 11.0 Å². The van der Waals surface area contributed by atoms with Crippen molar-refractivity contribution in [2.24, 2.45) is 0 Å². The SMILES string of the molecule is O=C(CN1CCN(c2ccc(C(F)(F)F)cn2)CC1)Nc1ccc(F)cc1F. The fourth-order valence-corrected chi connectivity index (χ4v) is 2.86. The fourth-order valence-electron chi connectivity index (χ4n) is 2.86. The number of halogens is 5. The predicted octanol–water partition coefficient (Wildman–Crippen LogP) is 3.14. The number of aromatic nitrogens is 1. The molecule has 0 spiro atoms. The van der Waals surface area contributed by atoms with Gasteiger partial charge in [0.05, 0.1) is 17.8 Å². The van der Waals surface area contributed by atoms with Crippen LogP contribution in [0.5, 0.6) is 0 Å². The molecule has 0 radical (unpaired) electrons. The highest BCUT2D eigenvalue weighted by atomic mass is 19.4. The molecule has 0 unspecified atom stereocenters. The van der Waals surface area contributed by atoms with Crippen LogP contribution in [0.1, 0.15) is 5.56 Å². The van der Waals surface area contributed by atoms with E-state index in [1.807, 2.05) is 9.80 Å². The predicted molar refractivity (Wildman–Crippen MR) is 92.9 cm³/mol. The molecule has 10 heteroatoms. The highest BCUT2D eigenvalue weighted by Gasteiger charge is 2.31. The van der Waals surface area contributed by atoms with E-state index in [4.69, 9.17) is 0 Å². The van der Waals surface area contributed by atoms with Gasteiger partial charge in [-0.2, -0.15) is 13.2 Å². The number of hydrogen-bond donors (Lipinski definition) is 1. The zero-order valence-corrected chi connectivity index (χ0v) is 14.6. The Morgan fingerprint density at radius 2 is 1.79 bits per heavy atom. The van der Waals surface area contributed by atoms with Crippen LogP contribution in [0.2, 0.25) is 0 Å². The lowest BCUT2D eigenvalue weighted by Crippen LogP contribution is -2.49. The number of pyridine rings is 1. The second-order valence-electron chi connectivity index (χ2n) is 6.34. The lowest BCUT2D eigenvalue weighted by Gasteiger charge is -2.35. The van der Waals surface area contributed by atoms with Crippen molar-refractivity contribution in [2.45, 2.75) is 6.18 Å². The molecular weight excluding hydrogens is 383 g/mol. The van der Waals surface area contributed by atoms with Gasteiger partial charge < -0.3 is 10.2 Å². The summed E-state index contributed by atoms with van der Waals surface area (Å²) < 4.78 is 64.3. The van der Waals surface area contributed by atoms with Crippen LogP contribution in [0.25, 0.3) is 0 Å². The molecule has 28 heavy (non-hydrogen) atoms. The van der Waals surface area contributed by atoms with Crippen LogP contribution >= 0.6 is 0 Å². The van der Waals surface area contributed by atoms with Crippen LogP contribution in [0, 0.1) is 11.6 Å². The molecule has 1 aromatic heterocycles. The lowest BCUT2D eigenvalue weighted by molar-refractivity contribution is -0.137. The first-order valence-electron chi connectivity index (χ1n) is 8.48. The smallest absolute Gasteiger partial charge is 0.354 e. The first-order valence-corrected chi connectivity index (χ1v) is 8.48. The van der Waals surface area contributed by atoms with Crippen LogP contribution < -0.4 is 10.2 Å². The van der Waals surface area contributed by atoms with Crippen LogP contribution in [0.15, 0.2) is 36.5 Å². The highest BCUT2D eigenvalue weighted by Crippen LogP contribution is 2.29. The molecule has 1 saturated heterocycles. The zero-order chi connectivity index (χ0) is 20.3. The van der Waals surface area contributed by atoms with Crippen molar-refractivity contribution in [1.82, 2.24) is 9.88 Å². The molecule has 5 nitrogen and oxygen atoms in total. The molecule has 1 fully saturated rings. The summed E-state index contributed by atoms with van der Waals surface area (Å²) in [4.78, 5) is 19.6. The van der Waals surface area contributed by atoms with Crippen LogP contribution in [-0.4, -0.2) is 48.5 Å². The first kappa shape index (κ1) is 20.0. The van der Waals surface area contributed by atoms with Crippen LogP contribution in [0.3, 0.4) is 0 Å². The molecule has 0 bridgehead atoms. The standard InChI is InChI=1S/C18H17F5N4O/c19-13-2-3-15(14(20)9-13)25-17(28)11-26-5-7-27(8-6-26)16-4-1-12(10-24-16)18(21,22)23/h1-4,9-10H,5-8,11H2,(H,25,28). The number of rotatable bonds is 4. The minimum absolute atomic E-state index is 0.0189. The third kappa shape index (κ3) is 4.94. The van der Waals surface area contributed by atoms with Gasteiger partial charge in [0.25, 0.3) is 0 Å². The summed E-state index contributed by atoms with van der Waals surface area (Å²) in [5.74, 6) is -1.59. The highest BCUT2D eigenvalue weighted by molar-refractivity contribution is 5.92. The summed E-state index contributed by atoms with van der Waals surface area (Å²) in [7, 11) is 0. The van der Waals surface area contributed by atoms with Crippen molar-refractivity contribution < 1.29 is 26.7 Å². The Morgan fingerprint density at radius 1 is 1.07 bits per heavy atom. The summed E-state index contributed by atoms with van der Waals surface area (Å²) in [6.45, 7) is 1.96. The quantitative estimate of drug-likeness (QED) is 0.802. The number of alkyl halides is 3. The fraction of sp³-hybridized carbons (Fsp3) is 0.333. The molecule has 1 aromatic carbocycles. The number of carbonyl (C=O) groups excluding carboxylic acids is 1. The van der Waals surface area contributed by atoms with Gasteiger partial charge in [0.1, 0.15) is 17.5 Å². The summed E-state index contributed by atoms with van der Waals surface area (Å²) in [6, 6.07) is 5.19. The van der Waals surface area contributed by atoms with Crippen molar-refractivity contribution in [3.63, 3.8) is 0 Å². The molecule has 2 aromatic rings. The molecule has 1 aliphatic heterocycles. The average molecular weight is 400 g/mol. The molecule has 2 heterocycles. The van der Waals surface area contributed by atoms with Gasteiger partial charge in [-0.3, -0.25) is 9.69 Å². The van der Waals surface area contributed by atoms with Crippen molar-refractivity contribution in [2.75, 3.05) is 42.9 Å². The maximum atomic E-state index is 13.6. The number of anilines is 2. The number of amides is 1. The van der Waals surface area contributed by atoms with E-state index in [0.717, 1.165) is 24.4 Å². The minimum atomic E-state index is -4.43. The van der Waals surface area contributed by atoms with E-state index in [9.17, 15) is 26.7 Å². The number of piperazine rings is 1. The van der Waals surface area contributed by atoms with Crippen molar-refractivity contribution >= 4 is 17.4 Å². The Balaban J connectivity index is 1.50. The largest absolute Gasteiger partial charge is 0.417 e. The van der Waals surface area contributed by atoms with Gasteiger partial charge in [0.2, 0.25) is 5.91 Å². The maximum Gasteiger partial charge on any atom is 0.417 e. The molecule has 1 aliphatic rings. The number of nitrogens with one attached hydrogen (secondary N) is 1. The lowest BCUT2D eigenvalue weighted by atomic mass is 10.2. The molecule has 1 N–H and O–H groups in total. The monoisotopic (exact) mass is 400 g/mol. The Morgan fingerprint density at radius 3 is 2.36 bits per heavy atom. The van der Waals surface area contributed by atoms with E-state index in [0.29, 0.717) is 38.1 Å². The Bertz CT molecular complexity index is 833. The zero-order valence-electron chi connectivity index (χ0n) is 14.6. The van der Waals surface area contributed by atoms with Gasteiger partial charge in [-0.1, -0.05) is 0 Å². The molecule has 1 amide bonds. The number of benzene rings is 1. The molecule has 150 valence electrons. The second-order valence-corrected chi connectivity index (χ2v) is 6.34. The van der Waals surface area contributed by atoms with Gasteiger partial charge in [0, 0.05) is 38.4 Å². The van der Waals surface area contributed by atoms with Crippen molar-refractivity contribution in [3.8, 4) is 0 Å². The van der Waals surface area contributed by atoms with E-state index in [1.54, 1.807) is 0 Å². The summed E-state index contributed by atoms with van der Waals surface area (Å²) in [6.07, 6.45) is -3.63. The van der Waals surface area contributed by atoms with Crippen molar-refractivity contribution in [1.29, 1.82) is 0 Å². The van der Waals surface area contributed by atoms with Crippen molar-refractivity contribution in [3.05, 3.63) is 53.7 Å². The Hall–Kier alpha value is -2.75. The van der Waals surface area contributed by atoms with Gasteiger partial charge in [-0.05, 0) is 24.3 Å². The number of nitrogens with zero attached hydrogens (tertiary/aromatic N) is 3. The van der Waals surface area contributed by atoms with E-state index >= 15 is 0 Å². The molecule has 0 aliphatic carbocycles. The summed E-state index contributed by atoms with van der Waals surface area (Å²) in [5.41, 5.74) is -0.904. The molecule has 0 saturated carbocycles. The topological polar surface area (TPSA) is 48.5 Å². The Labute approximate surface area is 157 Å². The Kier molecular flexibility index (Phi) is 5.78. The first-order chi connectivity index (χ1) is 13.2.